The first-order valence-electron chi connectivity index (χ1n) is 6.25. The van der Waals surface area contributed by atoms with Gasteiger partial charge in [-0.25, -0.2) is 0 Å². The first-order valence-corrected chi connectivity index (χ1v) is 6.25. The molecule has 0 N–H and O–H groups in total. The van der Waals surface area contributed by atoms with Gasteiger partial charge >= 0.3 is 0 Å². The Kier molecular flexibility index (Phi) is 4.14. The second kappa shape index (κ2) is 6.01. The lowest BCUT2D eigenvalue weighted by Crippen LogP contribution is -2.22. The van der Waals surface area contributed by atoms with Crippen molar-refractivity contribution in [3.63, 3.8) is 0 Å². The van der Waals surface area contributed by atoms with Crippen LogP contribution in [-0.2, 0) is 13.0 Å². The molecule has 0 unspecified atom stereocenters. The summed E-state index contributed by atoms with van der Waals surface area (Å²) in [5.74, 6) is 0. The molecule has 19 heavy (non-hydrogen) atoms. The van der Waals surface area contributed by atoms with Crippen LogP contribution in [-0.4, -0.2) is 4.57 Å². The average Bonchev–Trinajstić information content (AvgIpc) is 2.44. The van der Waals surface area contributed by atoms with Crippen LogP contribution in [0.15, 0.2) is 72.6 Å². The summed E-state index contributed by atoms with van der Waals surface area (Å²) in [6, 6.07) is 15.2. The van der Waals surface area contributed by atoms with E-state index in [9.17, 15) is 4.79 Å². The molecule has 0 aliphatic carbocycles. The summed E-state index contributed by atoms with van der Waals surface area (Å²) in [4.78, 5) is 12.0. The minimum absolute atomic E-state index is 0.00330. The van der Waals surface area contributed by atoms with Gasteiger partial charge in [-0.1, -0.05) is 49.1 Å². The van der Waals surface area contributed by atoms with E-state index in [2.05, 4.69) is 13.2 Å². The fourth-order valence-corrected chi connectivity index (χ4v) is 2.02. The Balaban J connectivity index is 2.31. The Hall–Kier alpha value is -2.35. The SMILES string of the molecule is C=CCc1cccc(=O)n1CC(=C)c1ccccc1. The van der Waals surface area contributed by atoms with Gasteiger partial charge in [-0.2, -0.15) is 0 Å². The maximum Gasteiger partial charge on any atom is 0.251 e. The summed E-state index contributed by atoms with van der Waals surface area (Å²) >= 11 is 0. The van der Waals surface area contributed by atoms with Crippen molar-refractivity contribution >= 4 is 5.57 Å². The number of hydrogen-bond donors (Lipinski definition) is 0. The van der Waals surface area contributed by atoms with Crippen molar-refractivity contribution in [2.24, 2.45) is 0 Å². The zero-order valence-corrected chi connectivity index (χ0v) is 10.9. The van der Waals surface area contributed by atoms with Crippen LogP contribution in [0.25, 0.3) is 5.57 Å². The van der Waals surface area contributed by atoms with Gasteiger partial charge in [0.15, 0.2) is 0 Å². The van der Waals surface area contributed by atoms with Crippen LogP contribution in [0.2, 0.25) is 0 Å². The van der Waals surface area contributed by atoms with Crippen molar-refractivity contribution < 1.29 is 0 Å². The fourth-order valence-electron chi connectivity index (χ4n) is 2.02. The van der Waals surface area contributed by atoms with E-state index >= 15 is 0 Å². The summed E-state index contributed by atoms with van der Waals surface area (Å²) in [6.45, 7) is 8.31. The number of aromatic nitrogens is 1. The highest BCUT2D eigenvalue weighted by Gasteiger charge is 2.05. The van der Waals surface area contributed by atoms with Gasteiger partial charge in [0.05, 0.1) is 6.54 Å². The largest absolute Gasteiger partial charge is 0.308 e. The number of hydrogen-bond acceptors (Lipinski definition) is 1. The third-order valence-corrected chi connectivity index (χ3v) is 3.02. The molecular formula is C17H17NO. The highest BCUT2D eigenvalue weighted by atomic mass is 16.1. The summed E-state index contributed by atoms with van der Waals surface area (Å²) in [6.07, 6.45) is 2.48. The van der Waals surface area contributed by atoms with Gasteiger partial charge in [0.2, 0.25) is 0 Å². The van der Waals surface area contributed by atoms with E-state index in [0.717, 1.165) is 16.8 Å². The number of nitrogens with zero attached hydrogens (tertiary/aromatic N) is 1. The van der Waals surface area contributed by atoms with Crippen molar-refractivity contribution in [2.75, 3.05) is 0 Å². The Morgan fingerprint density at radius 3 is 2.53 bits per heavy atom. The van der Waals surface area contributed by atoms with Crippen LogP contribution in [0.3, 0.4) is 0 Å². The molecule has 2 nitrogen and oxygen atoms in total. The fraction of sp³-hybridized carbons (Fsp3) is 0.118. The molecule has 0 atom stereocenters. The lowest BCUT2D eigenvalue weighted by atomic mass is 10.1. The average molecular weight is 251 g/mol. The summed E-state index contributed by atoms with van der Waals surface area (Å²) in [5.41, 5.74) is 2.94. The third-order valence-electron chi connectivity index (χ3n) is 3.02. The molecule has 0 fully saturated rings. The van der Waals surface area contributed by atoms with E-state index in [0.29, 0.717) is 13.0 Å². The van der Waals surface area contributed by atoms with Crippen LogP contribution >= 0.6 is 0 Å². The molecule has 0 aliphatic heterocycles. The highest BCUT2D eigenvalue weighted by Crippen LogP contribution is 2.14. The van der Waals surface area contributed by atoms with Gasteiger partial charge in [-0.15, -0.1) is 6.58 Å². The molecule has 0 saturated heterocycles. The summed E-state index contributed by atoms with van der Waals surface area (Å²) in [7, 11) is 0. The second-order valence-electron chi connectivity index (χ2n) is 4.40. The zero-order valence-electron chi connectivity index (χ0n) is 10.9. The van der Waals surface area contributed by atoms with Gasteiger partial charge in [0, 0.05) is 18.2 Å². The van der Waals surface area contributed by atoms with Crippen molar-refractivity contribution in [2.45, 2.75) is 13.0 Å². The molecule has 1 aromatic carbocycles. The first-order chi connectivity index (χ1) is 9.22. The van der Waals surface area contributed by atoms with Crippen molar-refractivity contribution in [3.8, 4) is 0 Å². The minimum atomic E-state index is -0.00330. The Morgan fingerprint density at radius 2 is 1.84 bits per heavy atom. The molecular weight excluding hydrogens is 234 g/mol. The highest BCUT2D eigenvalue weighted by molar-refractivity contribution is 5.63. The lowest BCUT2D eigenvalue weighted by molar-refractivity contribution is 0.744. The van der Waals surface area contributed by atoms with E-state index in [1.54, 1.807) is 22.8 Å². The smallest absolute Gasteiger partial charge is 0.251 e. The van der Waals surface area contributed by atoms with Crippen molar-refractivity contribution in [1.29, 1.82) is 0 Å². The number of pyridine rings is 1. The van der Waals surface area contributed by atoms with Gasteiger partial charge in [0.1, 0.15) is 0 Å². The standard InChI is InChI=1S/C17H17NO/c1-3-8-16-11-7-12-17(19)18(16)13-14(2)15-9-5-4-6-10-15/h3-7,9-12H,1-2,8,13H2. The molecule has 0 radical (unpaired) electrons. The maximum atomic E-state index is 12.0. The van der Waals surface area contributed by atoms with Gasteiger partial charge in [-0.3, -0.25) is 4.79 Å². The molecule has 0 bridgehead atoms. The summed E-state index contributed by atoms with van der Waals surface area (Å²) in [5, 5.41) is 0. The van der Waals surface area contributed by atoms with Crippen LogP contribution in [0.1, 0.15) is 11.3 Å². The Labute approximate surface area is 113 Å². The maximum absolute atomic E-state index is 12.0. The van der Waals surface area contributed by atoms with Crippen LogP contribution in [0.4, 0.5) is 0 Å². The molecule has 2 aromatic rings. The van der Waals surface area contributed by atoms with Gasteiger partial charge < -0.3 is 4.57 Å². The molecule has 1 aromatic heterocycles. The Bertz CT molecular complexity index is 638. The molecule has 0 amide bonds. The molecule has 1 heterocycles. The number of benzene rings is 1. The third kappa shape index (κ3) is 3.10. The van der Waals surface area contributed by atoms with Crippen LogP contribution in [0.5, 0.6) is 0 Å². The van der Waals surface area contributed by atoms with Crippen molar-refractivity contribution in [1.82, 2.24) is 4.57 Å². The molecule has 0 spiro atoms. The predicted octanol–water partition coefficient (Wildman–Crippen LogP) is 3.29. The monoisotopic (exact) mass is 251 g/mol. The molecule has 2 rings (SSSR count). The number of rotatable bonds is 5. The van der Waals surface area contributed by atoms with Gasteiger partial charge in [-0.05, 0) is 17.2 Å². The van der Waals surface area contributed by atoms with Crippen LogP contribution in [0, 0.1) is 0 Å². The zero-order chi connectivity index (χ0) is 13.7. The normalized spacial score (nSPS) is 10.1. The quantitative estimate of drug-likeness (QED) is 0.747. The predicted molar refractivity (Wildman–Crippen MR) is 80.1 cm³/mol. The van der Waals surface area contributed by atoms with Crippen molar-refractivity contribution in [3.05, 3.63) is 89.4 Å². The lowest BCUT2D eigenvalue weighted by Gasteiger charge is -2.13. The van der Waals surface area contributed by atoms with E-state index in [-0.39, 0.29) is 5.56 Å². The van der Waals surface area contributed by atoms with Crippen LogP contribution < -0.4 is 5.56 Å². The molecule has 0 saturated carbocycles. The molecule has 96 valence electrons. The Morgan fingerprint density at radius 1 is 1.11 bits per heavy atom. The molecule has 0 aliphatic rings. The molecule has 2 heteroatoms. The summed E-state index contributed by atoms with van der Waals surface area (Å²) < 4.78 is 1.75. The second-order valence-corrected chi connectivity index (χ2v) is 4.40. The topological polar surface area (TPSA) is 22.0 Å². The van der Waals surface area contributed by atoms with E-state index in [1.165, 1.54) is 0 Å². The first kappa shape index (κ1) is 13.1. The van der Waals surface area contributed by atoms with Gasteiger partial charge in [0.25, 0.3) is 5.56 Å². The van der Waals surface area contributed by atoms with E-state index in [4.69, 9.17) is 0 Å². The minimum Gasteiger partial charge on any atom is -0.308 e. The van der Waals surface area contributed by atoms with E-state index < -0.39 is 0 Å². The van der Waals surface area contributed by atoms with E-state index in [1.807, 2.05) is 36.4 Å². The number of allylic oxidation sites excluding steroid dienone is 2.